The summed E-state index contributed by atoms with van der Waals surface area (Å²) in [5.41, 5.74) is 0.417. The number of nitrogens with one attached hydrogen (secondary N) is 1. The van der Waals surface area contributed by atoms with Gasteiger partial charge in [0.05, 0.1) is 12.3 Å². The fourth-order valence-corrected chi connectivity index (χ4v) is 3.32. The third kappa shape index (κ3) is 5.69. The molecular formula is C19H20N4O5S. The summed E-state index contributed by atoms with van der Waals surface area (Å²) in [5, 5.41) is 7.44. The molecule has 10 heteroatoms. The highest BCUT2D eigenvalue weighted by atomic mass is 32.1. The van der Waals surface area contributed by atoms with E-state index in [-0.39, 0.29) is 24.6 Å². The minimum Gasteiger partial charge on any atom is -0.458 e. The minimum atomic E-state index is -0.627. The molecule has 29 heavy (non-hydrogen) atoms. The van der Waals surface area contributed by atoms with Gasteiger partial charge in [0.15, 0.2) is 0 Å². The highest BCUT2D eigenvalue weighted by molar-refractivity contribution is 7.16. The fourth-order valence-electron chi connectivity index (χ4n) is 2.42. The Labute approximate surface area is 170 Å². The zero-order chi connectivity index (χ0) is 20.6. The number of carbonyl (C=O) groups is 2. The monoisotopic (exact) mass is 416 g/mol. The van der Waals surface area contributed by atoms with Crippen molar-refractivity contribution in [1.29, 1.82) is 0 Å². The average Bonchev–Trinajstić information content (AvgIpc) is 3.15. The van der Waals surface area contributed by atoms with Gasteiger partial charge in [-0.15, -0.1) is 0 Å². The molecule has 1 aromatic carbocycles. The second-order valence-corrected chi connectivity index (χ2v) is 6.97. The standard InChI is InChI=1S/C19H20N4O5S/c1-2-27-9-8-15-22-23-16(24)10-14(21-19(23)29-15)12-28-17(25)11-20-18(26)13-6-4-3-5-7-13/h3-7,10H,2,8-9,11-12H2,1H3,(H,20,26). The molecule has 2 heterocycles. The van der Waals surface area contributed by atoms with Crippen LogP contribution in [0, 0.1) is 0 Å². The Bertz CT molecular complexity index is 1050. The molecule has 0 spiro atoms. The van der Waals surface area contributed by atoms with Crippen LogP contribution in [0.4, 0.5) is 0 Å². The maximum atomic E-state index is 12.2. The SMILES string of the molecule is CCOCCc1nn2c(=O)cc(COC(=O)CNC(=O)c3ccccc3)nc2s1. The molecule has 9 nitrogen and oxygen atoms in total. The molecule has 0 fully saturated rings. The molecule has 3 aromatic rings. The van der Waals surface area contributed by atoms with E-state index < -0.39 is 5.97 Å². The van der Waals surface area contributed by atoms with Crippen LogP contribution in [0.5, 0.6) is 0 Å². The Morgan fingerprint density at radius 1 is 1.24 bits per heavy atom. The zero-order valence-electron chi connectivity index (χ0n) is 15.8. The molecule has 0 aliphatic heterocycles. The number of rotatable bonds is 9. The van der Waals surface area contributed by atoms with E-state index in [1.165, 1.54) is 21.9 Å². The van der Waals surface area contributed by atoms with Crippen LogP contribution in [0.2, 0.25) is 0 Å². The van der Waals surface area contributed by atoms with E-state index in [0.29, 0.717) is 35.9 Å². The van der Waals surface area contributed by atoms with Crippen LogP contribution in [0.1, 0.15) is 28.0 Å². The van der Waals surface area contributed by atoms with E-state index in [1.54, 1.807) is 30.3 Å². The lowest BCUT2D eigenvalue weighted by molar-refractivity contribution is -0.143. The largest absolute Gasteiger partial charge is 0.458 e. The third-order valence-corrected chi connectivity index (χ3v) is 4.78. The van der Waals surface area contributed by atoms with Gasteiger partial charge in [-0.05, 0) is 19.1 Å². The van der Waals surface area contributed by atoms with Gasteiger partial charge < -0.3 is 14.8 Å². The summed E-state index contributed by atoms with van der Waals surface area (Å²) in [6.45, 7) is 2.59. The van der Waals surface area contributed by atoms with E-state index >= 15 is 0 Å². The van der Waals surface area contributed by atoms with E-state index in [1.807, 2.05) is 6.92 Å². The van der Waals surface area contributed by atoms with E-state index in [2.05, 4.69) is 15.4 Å². The molecule has 3 rings (SSSR count). The number of amides is 1. The topological polar surface area (TPSA) is 112 Å². The Morgan fingerprint density at radius 2 is 2.03 bits per heavy atom. The van der Waals surface area contributed by atoms with Gasteiger partial charge in [-0.2, -0.15) is 9.61 Å². The Hall–Kier alpha value is -3.11. The van der Waals surface area contributed by atoms with Crippen molar-refractivity contribution < 1.29 is 19.1 Å². The number of fused-ring (bicyclic) bond motifs is 1. The predicted molar refractivity (Wildman–Crippen MR) is 106 cm³/mol. The van der Waals surface area contributed by atoms with Crippen molar-refractivity contribution in [3.05, 3.63) is 63.0 Å². The first-order valence-corrected chi connectivity index (χ1v) is 9.83. The molecule has 0 bridgehead atoms. The van der Waals surface area contributed by atoms with Crippen molar-refractivity contribution in [2.45, 2.75) is 20.0 Å². The predicted octanol–water partition coefficient (Wildman–Crippen LogP) is 1.20. The second kappa shape index (κ2) is 9.89. The number of esters is 1. The third-order valence-electron chi connectivity index (χ3n) is 3.81. The van der Waals surface area contributed by atoms with Crippen molar-refractivity contribution in [2.24, 2.45) is 0 Å². The smallest absolute Gasteiger partial charge is 0.325 e. The lowest BCUT2D eigenvalue weighted by atomic mass is 10.2. The number of ether oxygens (including phenoxy) is 2. The highest BCUT2D eigenvalue weighted by Gasteiger charge is 2.12. The van der Waals surface area contributed by atoms with Gasteiger partial charge in [0.1, 0.15) is 18.2 Å². The summed E-state index contributed by atoms with van der Waals surface area (Å²) in [7, 11) is 0. The van der Waals surface area contributed by atoms with Crippen LogP contribution in [0.3, 0.4) is 0 Å². The van der Waals surface area contributed by atoms with Gasteiger partial charge >= 0.3 is 5.97 Å². The molecule has 0 radical (unpaired) electrons. The van der Waals surface area contributed by atoms with Gasteiger partial charge in [-0.25, -0.2) is 4.98 Å². The molecule has 0 unspecified atom stereocenters. The second-order valence-electron chi connectivity index (χ2n) is 5.93. The highest BCUT2D eigenvalue weighted by Crippen LogP contribution is 2.12. The molecule has 0 saturated heterocycles. The van der Waals surface area contributed by atoms with Crippen LogP contribution in [0.15, 0.2) is 41.2 Å². The van der Waals surface area contributed by atoms with Crippen LogP contribution in [-0.2, 0) is 27.3 Å². The lowest BCUT2D eigenvalue weighted by Crippen LogP contribution is -2.30. The summed E-state index contributed by atoms with van der Waals surface area (Å²) < 4.78 is 11.6. The maximum Gasteiger partial charge on any atom is 0.325 e. The molecule has 1 N–H and O–H groups in total. The summed E-state index contributed by atoms with van der Waals surface area (Å²) in [5.74, 6) is -0.998. The number of benzene rings is 1. The van der Waals surface area contributed by atoms with Crippen molar-refractivity contribution >= 4 is 28.2 Å². The van der Waals surface area contributed by atoms with Gasteiger partial charge in [0.2, 0.25) is 4.96 Å². The average molecular weight is 416 g/mol. The number of nitrogens with zero attached hydrogens (tertiary/aromatic N) is 3. The van der Waals surface area contributed by atoms with Crippen molar-refractivity contribution in [3.8, 4) is 0 Å². The summed E-state index contributed by atoms with van der Waals surface area (Å²) in [6, 6.07) is 9.82. The molecule has 152 valence electrons. The molecule has 1 amide bonds. The number of aromatic nitrogens is 3. The van der Waals surface area contributed by atoms with Crippen LogP contribution < -0.4 is 10.9 Å². The number of hydrogen-bond acceptors (Lipinski definition) is 8. The van der Waals surface area contributed by atoms with E-state index in [0.717, 1.165) is 5.01 Å². The fraction of sp³-hybridized carbons (Fsp3) is 0.316. The Balaban J connectivity index is 1.55. The first-order chi connectivity index (χ1) is 14.1. The van der Waals surface area contributed by atoms with Crippen molar-refractivity contribution in [1.82, 2.24) is 19.9 Å². The normalized spacial score (nSPS) is 10.8. The molecule has 0 saturated carbocycles. The van der Waals surface area contributed by atoms with Gasteiger partial charge in [-0.3, -0.25) is 14.4 Å². The lowest BCUT2D eigenvalue weighted by Gasteiger charge is -2.06. The summed E-state index contributed by atoms with van der Waals surface area (Å²) in [4.78, 5) is 40.7. The van der Waals surface area contributed by atoms with Crippen LogP contribution in [-0.4, -0.2) is 46.2 Å². The van der Waals surface area contributed by atoms with Gasteiger partial charge in [-0.1, -0.05) is 29.5 Å². The summed E-state index contributed by atoms with van der Waals surface area (Å²) in [6.07, 6.45) is 0.590. The van der Waals surface area contributed by atoms with Crippen LogP contribution >= 0.6 is 11.3 Å². The summed E-state index contributed by atoms with van der Waals surface area (Å²) >= 11 is 1.29. The van der Waals surface area contributed by atoms with Crippen molar-refractivity contribution in [2.75, 3.05) is 19.8 Å². The maximum absolute atomic E-state index is 12.2. The molecule has 2 aromatic heterocycles. The number of hydrogen-bond donors (Lipinski definition) is 1. The van der Waals surface area contributed by atoms with Gasteiger partial charge in [0.25, 0.3) is 11.5 Å². The quantitative estimate of drug-likeness (QED) is 0.412. The first kappa shape index (κ1) is 20.6. The molecular weight excluding hydrogens is 396 g/mol. The van der Waals surface area contributed by atoms with E-state index in [4.69, 9.17) is 9.47 Å². The minimum absolute atomic E-state index is 0.169. The molecule has 0 aliphatic carbocycles. The zero-order valence-corrected chi connectivity index (χ0v) is 16.6. The molecule has 0 atom stereocenters. The van der Waals surface area contributed by atoms with Crippen molar-refractivity contribution in [3.63, 3.8) is 0 Å². The molecule has 0 aliphatic rings. The van der Waals surface area contributed by atoms with E-state index in [9.17, 15) is 14.4 Å². The number of carbonyl (C=O) groups excluding carboxylic acids is 2. The Kier molecular flexibility index (Phi) is 7.04. The van der Waals surface area contributed by atoms with Gasteiger partial charge in [0, 0.05) is 24.7 Å². The Morgan fingerprint density at radius 3 is 2.79 bits per heavy atom. The van der Waals surface area contributed by atoms with Crippen LogP contribution in [0.25, 0.3) is 4.96 Å². The first-order valence-electron chi connectivity index (χ1n) is 9.02.